The molecule has 2 rings (SSSR count). The first-order chi connectivity index (χ1) is 8.54. The van der Waals surface area contributed by atoms with Crippen molar-refractivity contribution in [1.82, 2.24) is 0 Å². The zero-order valence-corrected chi connectivity index (χ0v) is 12.3. The Morgan fingerprint density at radius 1 is 1.06 bits per heavy atom. The van der Waals surface area contributed by atoms with Crippen molar-refractivity contribution in [3.8, 4) is 0 Å². The Balaban J connectivity index is 2.08. The molecule has 0 aromatic rings. The average molecular weight is 252 g/mol. The molecule has 0 spiro atoms. The number of carbonyl (C=O) groups excluding carboxylic acids is 1. The lowest BCUT2D eigenvalue weighted by atomic mass is 9.78. The molecule has 0 N–H and O–H groups in total. The van der Waals surface area contributed by atoms with Gasteiger partial charge in [0.25, 0.3) is 0 Å². The van der Waals surface area contributed by atoms with Crippen LogP contribution in [0.1, 0.15) is 52.9 Å². The van der Waals surface area contributed by atoms with Crippen molar-refractivity contribution in [3.63, 3.8) is 0 Å². The second-order valence-electron chi connectivity index (χ2n) is 6.74. The predicted molar refractivity (Wildman–Crippen MR) is 73.1 cm³/mol. The van der Waals surface area contributed by atoms with E-state index in [4.69, 9.17) is 4.74 Å². The van der Waals surface area contributed by atoms with E-state index in [1.807, 2.05) is 0 Å². The van der Waals surface area contributed by atoms with Crippen molar-refractivity contribution >= 4 is 5.97 Å². The van der Waals surface area contributed by atoms with Gasteiger partial charge in [-0.2, -0.15) is 0 Å². The summed E-state index contributed by atoms with van der Waals surface area (Å²) in [5.41, 5.74) is 0. The molecule has 0 saturated heterocycles. The second-order valence-corrected chi connectivity index (χ2v) is 6.74. The number of methoxy groups -OCH3 is 1. The normalized spacial score (nSPS) is 41.9. The van der Waals surface area contributed by atoms with Crippen LogP contribution in [0.4, 0.5) is 0 Å². The maximum atomic E-state index is 11.8. The molecule has 2 aliphatic carbocycles. The molecule has 0 radical (unpaired) electrons. The van der Waals surface area contributed by atoms with Gasteiger partial charge in [-0.05, 0) is 48.9 Å². The van der Waals surface area contributed by atoms with E-state index in [2.05, 4.69) is 20.8 Å². The number of fused-ring (bicyclic) bond motifs is 1. The Morgan fingerprint density at radius 3 is 2.33 bits per heavy atom. The molecule has 2 nitrogen and oxygen atoms in total. The quantitative estimate of drug-likeness (QED) is 0.697. The summed E-state index contributed by atoms with van der Waals surface area (Å²) in [5, 5.41) is 0. The fraction of sp³-hybridized carbons (Fsp3) is 0.938. The Labute approximate surface area is 111 Å². The maximum absolute atomic E-state index is 11.8. The van der Waals surface area contributed by atoms with Crippen LogP contribution < -0.4 is 0 Å². The van der Waals surface area contributed by atoms with Crippen LogP contribution in [-0.2, 0) is 9.53 Å². The van der Waals surface area contributed by atoms with Crippen LogP contribution in [-0.4, -0.2) is 13.1 Å². The summed E-state index contributed by atoms with van der Waals surface area (Å²) < 4.78 is 4.93. The molecule has 0 bridgehead atoms. The summed E-state index contributed by atoms with van der Waals surface area (Å²) in [6.45, 7) is 6.88. The van der Waals surface area contributed by atoms with Crippen molar-refractivity contribution in [2.45, 2.75) is 52.9 Å². The van der Waals surface area contributed by atoms with E-state index in [1.165, 1.54) is 39.2 Å². The largest absolute Gasteiger partial charge is 0.469 e. The molecule has 2 heteroatoms. The van der Waals surface area contributed by atoms with Gasteiger partial charge in [-0.1, -0.05) is 33.6 Å². The highest BCUT2D eigenvalue weighted by atomic mass is 16.5. The Bertz CT molecular complexity index is 299. The first-order valence-corrected chi connectivity index (χ1v) is 7.62. The fourth-order valence-electron chi connectivity index (χ4n) is 4.41. The molecule has 104 valence electrons. The highest BCUT2D eigenvalue weighted by Gasteiger charge is 2.41. The fourth-order valence-corrected chi connectivity index (χ4v) is 4.41. The summed E-state index contributed by atoms with van der Waals surface area (Å²) in [6.07, 6.45) is 6.54. The van der Waals surface area contributed by atoms with E-state index in [0.29, 0.717) is 5.92 Å². The summed E-state index contributed by atoms with van der Waals surface area (Å²) in [7, 11) is 1.51. The van der Waals surface area contributed by atoms with E-state index in [0.717, 1.165) is 23.7 Å². The van der Waals surface area contributed by atoms with Crippen molar-refractivity contribution in [2.24, 2.45) is 35.5 Å². The van der Waals surface area contributed by atoms with Crippen LogP contribution in [0.25, 0.3) is 0 Å². The highest BCUT2D eigenvalue weighted by Crippen LogP contribution is 2.49. The third-order valence-electron chi connectivity index (χ3n) is 5.81. The van der Waals surface area contributed by atoms with Gasteiger partial charge >= 0.3 is 5.97 Å². The van der Waals surface area contributed by atoms with Gasteiger partial charge in [0, 0.05) is 0 Å². The molecule has 2 aliphatic rings. The van der Waals surface area contributed by atoms with Gasteiger partial charge in [-0.15, -0.1) is 0 Å². The molecule has 6 atom stereocenters. The maximum Gasteiger partial charge on any atom is 0.308 e. The van der Waals surface area contributed by atoms with Crippen molar-refractivity contribution in [3.05, 3.63) is 0 Å². The van der Waals surface area contributed by atoms with Gasteiger partial charge in [0.2, 0.25) is 0 Å². The van der Waals surface area contributed by atoms with E-state index >= 15 is 0 Å². The van der Waals surface area contributed by atoms with Gasteiger partial charge in [0.15, 0.2) is 0 Å². The third kappa shape index (κ3) is 2.57. The minimum atomic E-state index is -0.0169. The number of rotatable bonds is 2. The molecular formula is C16H28O2. The lowest BCUT2D eigenvalue weighted by Gasteiger charge is -2.27. The molecular weight excluding hydrogens is 224 g/mol. The van der Waals surface area contributed by atoms with Crippen LogP contribution in [0.2, 0.25) is 0 Å². The molecule has 6 unspecified atom stereocenters. The number of ether oxygens (including phenoxy) is 1. The minimum Gasteiger partial charge on any atom is -0.469 e. The number of hydrogen-bond donors (Lipinski definition) is 0. The number of carbonyl (C=O) groups is 1. The van der Waals surface area contributed by atoms with Gasteiger partial charge in [0.05, 0.1) is 13.0 Å². The monoisotopic (exact) mass is 252 g/mol. The first-order valence-electron chi connectivity index (χ1n) is 7.62. The van der Waals surface area contributed by atoms with Crippen molar-refractivity contribution in [2.75, 3.05) is 7.11 Å². The van der Waals surface area contributed by atoms with E-state index in [9.17, 15) is 4.79 Å². The molecule has 0 aliphatic heterocycles. The Kier molecular flexibility index (Phi) is 4.34. The molecule has 0 amide bonds. The SMILES string of the molecule is COC(=O)C(C)C1CCC(C)C2CCC(C)C2C1. The second kappa shape index (κ2) is 5.63. The summed E-state index contributed by atoms with van der Waals surface area (Å²) in [5.74, 6) is 4.05. The van der Waals surface area contributed by atoms with Gasteiger partial charge in [0.1, 0.15) is 0 Å². The Hall–Kier alpha value is -0.530. The Morgan fingerprint density at radius 2 is 1.67 bits per heavy atom. The summed E-state index contributed by atoms with van der Waals surface area (Å²) >= 11 is 0. The van der Waals surface area contributed by atoms with Crippen LogP contribution in [0.5, 0.6) is 0 Å². The van der Waals surface area contributed by atoms with Crippen LogP contribution in [0.15, 0.2) is 0 Å². The van der Waals surface area contributed by atoms with Gasteiger partial charge in [-0.25, -0.2) is 0 Å². The van der Waals surface area contributed by atoms with Gasteiger partial charge in [-0.3, -0.25) is 4.79 Å². The molecule has 0 aromatic carbocycles. The first kappa shape index (κ1) is 13.9. The summed E-state index contributed by atoms with van der Waals surface area (Å²) in [4.78, 5) is 11.8. The standard InChI is InChI=1S/C16H28O2/c1-10-5-7-13(12(3)16(17)18-4)9-15-11(2)6-8-14(10)15/h10-15H,5-9H2,1-4H3. The van der Waals surface area contributed by atoms with E-state index in [-0.39, 0.29) is 11.9 Å². The number of hydrogen-bond acceptors (Lipinski definition) is 2. The van der Waals surface area contributed by atoms with Gasteiger partial charge < -0.3 is 4.74 Å². The van der Waals surface area contributed by atoms with Crippen molar-refractivity contribution < 1.29 is 9.53 Å². The van der Waals surface area contributed by atoms with E-state index < -0.39 is 0 Å². The highest BCUT2D eigenvalue weighted by molar-refractivity contribution is 5.72. The lowest BCUT2D eigenvalue weighted by Crippen LogP contribution is -2.25. The van der Waals surface area contributed by atoms with Crippen LogP contribution in [0, 0.1) is 35.5 Å². The third-order valence-corrected chi connectivity index (χ3v) is 5.81. The smallest absolute Gasteiger partial charge is 0.308 e. The topological polar surface area (TPSA) is 26.3 Å². The molecule has 0 aromatic heterocycles. The molecule has 2 saturated carbocycles. The van der Waals surface area contributed by atoms with Crippen LogP contribution >= 0.6 is 0 Å². The van der Waals surface area contributed by atoms with Crippen LogP contribution in [0.3, 0.4) is 0 Å². The van der Waals surface area contributed by atoms with E-state index in [1.54, 1.807) is 0 Å². The molecule has 2 fully saturated rings. The zero-order chi connectivity index (χ0) is 13.3. The summed E-state index contributed by atoms with van der Waals surface area (Å²) in [6, 6.07) is 0. The van der Waals surface area contributed by atoms with Crippen molar-refractivity contribution in [1.29, 1.82) is 0 Å². The minimum absolute atomic E-state index is 0.0169. The predicted octanol–water partition coefficient (Wildman–Crippen LogP) is 3.89. The molecule has 0 heterocycles. The zero-order valence-electron chi connectivity index (χ0n) is 12.3. The number of esters is 1. The molecule has 18 heavy (non-hydrogen) atoms. The average Bonchev–Trinajstić information content (AvgIpc) is 2.64. The lowest BCUT2D eigenvalue weighted by molar-refractivity contribution is -0.147.